The molecule has 0 saturated heterocycles. The molecule has 0 radical (unpaired) electrons. The fourth-order valence-corrected chi connectivity index (χ4v) is 1.60. The van der Waals surface area contributed by atoms with Crippen LogP contribution < -0.4 is 4.90 Å². The van der Waals surface area contributed by atoms with Gasteiger partial charge in [0.15, 0.2) is 0 Å². The molecule has 0 N–H and O–H groups in total. The van der Waals surface area contributed by atoms with E-state index in [-0.39, 0.29) is 11.3 Å². The first-order valence-corrected chi connectivity index (χ1v) is 5.92. The highest BCUT2D eigenvalue weighted by Gasteiger charge is 2.14. The summed E-state index contributed by atoms with van der Waals surface area (Å²) in [5.74, 6) is 0.934. The minimum absolute atomic E-state index is 0.0177. The van der Waals surface area contributed by atoms with Crippen molar-refractivity contribution in [3.63, 3.8) is 0 Å². The van der Waals surface area contributed by atoms with E-state index < -0.39 is 0 Å². The molecule has 1 heterocycles. The first-order valence-electron chi connectivity index (χ1n) is 5.92. The molecule has 0 spiro atoms. The van der Waals surface area contributed by atoms with Crippen LogP contribution in [0.1, 0.15) is 33.3 Å². The minimum atomic E-state index is 0.0177. The quantitative estimate of drug-likeness (QED) is 0.803. The first kappa shape index (κ1) is 13.5. The summed E-state index contributed by atoms with van der Waals surface area (Å²) in [5.41, 5.74) is 1.35. The largest absolute Gasteiger partial charge is 0.358 e. The van der Waals surface area contributed by atoms with Crippen LogP contribution in [0.25, 0.3) is 0 Å². The number of nitrogens with zero attached hydrogens (tertiary/aromatic N) is 3. The summed E-state index contributed by atoms with van der Waals surface area (Å²) in [5, 5.41) is 8.78. The molecule has 0 aliphatic rings. The highest BCUT2D eigenvalue weighted by molar-refractivity contribution is 5.39. The van der Waals surface area contributed by atoms with Gasteiger partial charge in [0.05, 0.1) is 12.0 Å². The third-order valence-electron chi connectivity index (χ3n) is 2.77. The number of rotatable bonds is 3. The maximum Gasteiger partial charge on any atom is 0.128 e. The summed E-state index contributed by atoms with van der Waals surface area (Å²) in [7, 11) is 1.97. The molecular formula is C14H21N3. The third-order valence-corrected chi connectivity index (χ3v) is 2.77. The van der Waals surface area contributed by atoms with Crippen LogP contribution in [0.5, 0.6) is 0 Å². The van der Waals surface area contributed by atoms with E-state index in [1.54, 1.807) is 0 Å². The van der Waals surface area contributed by atoms with Crippen LogP contribution in [0.4, 0.5) is 5.82 Å². The highest BCUT2D eigenvalue weighted by atomic mass is 15.2. The van der Waals surface area contributed by atoms with Gasteiger partial charge in [-0.2, -0.15) is 5.26 Å². The van der Waals surface area contributed by atoms with Gasteiger partial charge in [-0.05, 0) is 24.0 Å². The molecule has 17 heavy (non-hydrogen) atoms. The number of pyridine rings is 1. The summed E-state index contributed by atoms with van der Waals surface area (Å²) < 4.78 is 0. The fraction of sp³-hybridized carbons (Fsp3) is 0.571. The predicted octanol–water partition coefficient (Wildman–Crippen LogP) is 2.97. The Bertz CT molecular complexity index is 395. The number of hydrogen-bond donors (Lipinski definition) is 0. The fourth-order valence-electron chi connectivity index (χ4n) is 1.60. The molecule has 0 bridgehead atoms. The van der Waals surface area contributed by atoms with Crippen molar-refractivity contribution in [2.24, 2.45) is 5.92 Å². The van der Waals surface area contributed by atoms with Crippen molar-refractivity contribution in [1.29, 1.82) is 5.26 Å². The molecule has 1 aromatic rings. The molecule has 1 aromatic heterocycles. The lowest BCUT2D eigenvalue weighted by Gasteiger charge is -2.22. The van der Waals surface area contributed by atoms with Crippen LogP contribution in [0.2, 0.25) is 0 Å². The van der Waals surface area contributed by atoms with E-state index in [1.807, 2.05) is 31.1 Å². The SMILES string of the molecule is CC(C#N)CN(C)c1ccc(C(C)(C)C)cn1. The zero-order valence-corrected chi connectivity index (χ0v) is 11.4. The maximum atomic E-state index is 8.78. The van der Waals surface area contributed by atoms with Crippen LogP contribution >= 0.6 is 0 Å². The molecular weight excluding hydrogens is 210 g/mol. The van der Waals surface area contributed by atoms with Gasteiger partial charge in [-0.1, -0.05) is 26.8 Å². The first-order chi connectivity index (χ1) is 7.84. The van der Waals surface area contributed by atoms with E-state index in [0.29, 0.717) is 6.54 Å². The van der Waals surface area contributed by atoms with Crippen LogP contribution in [0.15, 0.2) is 18.3 Å². The molecule has 3 heteroatoms. The summed E-state index contributed by atoms with van der Waals surface area (Å²) in [6.07, 6.45) is 1.92. The van der Waals surface area contributed by atoms with Gasteiger partial charge in [-0.15, -0.1) is 0 Å². The van der Waals surface area contributed by atoms with E-state index in [4.69, 9.17) is 5.26 Å². The smallest absolute Gasteiger partial charge is 0.128 e. The van der Waals surface area contributed by atoms with Gasteiger partial charge in [0.1, 0.15) is 5.82 Å². The predicted molar refractivity (Wildman–Crippen MR) is 71.0 cm³/mol. The normalized spacial score (nSPS) is 12.9. The molecule has 0 fully saturated rings. The lowest BCUT2D eigenvalue weighted by atomic mass is 9.88. The Morgan fingerprint density at radius 2 is 2.06 bits per heavy atom. The third kappa shape index (κ3) is 3.74. The molecule has 1 atom stereocenters. The van der Waals surface area contributed by atoms with Crippen LogP contribution in [0, 0.1) is 17.2 Å². The van der Waals surface area contributed by atoms with E-state index in [0.717, 1.165) is 5.82 Å². The number of aromatic nitrogens is 1. The van der Waals surface area contributed by atoms with Gasteiger partial charge in [-0.3, -0.25) is 0 Å². The summed E-state index contributed by atoms with van der Waals surface area (Å²) in [6.45, 7) is 9.14. The monoisotopic (exact) mass is 231 g/mol. The Morgan fingerprint density at radius 1 is 1.41 bits per heavy atom. The van der Waals surface area contributed by atoms with Crippen molar-refractivity contribution in [2.45, 2.75) is 33.1 Å². The van der Waals surface area contributed by atoms with Gasteiger partial charge in [0.25, 0.3) is 0 Å². The zero-order chi connectivity index (χ0) is 13.1. The Hall–Kier alpha value is -1.56. The molecule has 1 unspecified atom stereocenters. The molecule has 0 saturated carbocycles. The summed E-state index contributed by atoms with van der Waals surface area (Å²) in [4.78, 5) is 6.46. The molecule has 0 amide bonds. The lowest BCUT2D eigenvalue weighted by molar-refractivity contribution is 0.587. The van der Waals surface area contributed by atoms with Gasteiger partial charge >= 0.3 is 0 Å². The second-order valence-electron chi connectivity index (χ2n) is 5.57. The van der Waals surface area contributed by atoms with Crippen molar-refractivity contribution in [3.05, 3.63) is 23.9 Å². The van der Waals surface area contributed by atoms with Crippen molar-refractivity contribution in [1.82, 2.24) is 4.98 Å². The maximum absolute atomic E-state index is 8.78. The van der Waals surface area contributed by atoms with Gasteiger partial charge in [-0.25, -0.2) is 4.98 Å². The second kappa shape index (κ2) is 5.18. The molecule has 0 aliphatic heterocycles. The Kier molecular flexibility index (Phi) is 4.11. The van der Waals surface area contributed by atoms with Crippen molar-refractivity contribution >= 4 is 5.82 Å². The molecule has 1 rings (SSSR count). The van der Waals surface area contributed by atoms with Gasteiger partial charge in [0, 0.05) is 19.8 Å². The Labute approximate surface area is 104 Å². The highest BCUT2D eigenvalue weighted by Crippen LogP contribution is 2.22. The lowest BCUT2D eigenvalue weighted by Crippen LogP contribution is -2.24. The van der Waals surface area contributed by atoms with Crippen molar-refractivity contribution < 1.29 is 0 Å². The van der Waals surface area contributed by atoms with E-state index >= 15 is 0 Å². The molecule has 92 valence electrons. The number of anilines is 1. The topological polar surface area (TPSA) is 39.9 Å². The van der Waals surface area contributed by atoms with Crippen LogP contribution in [-0.2, 0) is 5.41 Å². The Morgan fingerprint density at radius 3 is 2.47 bits per heavy atom. The van der Waals surface area contributed by atoms with Gasteiger partial charge in [0.2, 0.25) is 0 Å². The average molecular weight is 231 g/mol. The standard InChI is InChI=1S/C14H21N3/c1-11(8-15)10-17(5)13-7-6-12(9-16-13)14(2,3)4/h6-7,9,11H,10H2,1-5H3. The summed E-state index contributed by atoms with van der Waals surface area (Å²) in [6, 6.07) is 6.36. The number of hydrogen-bond acceptors (Lipinski definition) is 3. The molecule has 0 aromatic carbocycles. The molecule has 0 aliphatic carbocycles. The van der Waals surface area contributed by atoms with E-state index in [9.17, 15) is 0 Å². The van der Waals surface area contributed by atoms with Gasteiger partial charge < -0.3 is 4.90 Å². The zero-order valence-electron chi connectivity index (χ0n) is 11.4. The van der Waals surface area contributed by atoms with Crippen LogP contribution in [0.3, 0.4) is 0 Å². The molecule has 3 nitrogen and oxygen atoms in total. The van der Waals surface area contributed by atoms with E-state index in [2.05, 4.69) is 37.9 Å². The minimum Gasteiger partial charge on any atom is -0.358 e. The van der Waals surface area contributed by atoms with Crippen molar-refractivity contribution in [3.8, 4) is 6.07 Å². The van der Waals surface area contributed by atoms with Crippen molar-refractivity contribution in [2.75, 3.05) is 18.5 Å². The second-order valence-corrected chi connectivity index (χ2v) is 5.57. The average Bonchev–Trinajstić information content (AvgIpc) is 2.27. The number of nitriles is 1. The van der Waals surface area contributed by atoms with Crippen LogP contribution in [-0.4, -0.2) is 18.6 Å². The summed E-state index contributed by atoms with van der Waals surface area (Å²) >= 11 is 0. The Balaban J connectivity index is 2.78. The van der Waals surface area contributed by atoms with E-state index in [1.165, 1.54) is 5.56 Å².